The molecule has 0 saturated heterocycles. The number of para-hydroxylation sites is 2. The molecule has 0 aliphatic heterocycles. The van der Waals surface area contributed by atoms with Gasteiger partial charge >= 0.3 is 0 Å². The predicted octanol–water partition coefficient (Wildman–Crippen LogP) is 3.21. The molecule has 0 bridgehead atoms. The maximum atomic E-state index is 9.40. The van der Waals surface area contributed by atoms with Crippen LogP contribution in [0.1, 0.15) is 0 Å². The van der Waals surface area contributed by atoms with Gasteiger partial charge in [0, 0.05) is 0 Å². The lowest BCUT2D eigenvalue weighted by Gasteiger charge is -2.32. The number of phenols is 2. The first-order chi connectivity index (χ1) is 10.9. The van der Waals surface area contributed by atoms with Gasteiger partial charge < -0.3 is 25.8 Å². The zero-order chi connectivity index (χ0) is 18.5. The van der Waals surface area contributed by atoms with Gasteiger partial charge in [0.1, 0.15) is 11.5 Å². The summed E-state index contributed by atoms with van der Waals surface area (Å²) in [6.45, 7) is 10.9. The standard InChI is InChI=1S/C11H21NO2Si2.C6H7NO/c1-15(2,3)14-16(4,5)9-6-7-11(13)10(12)8-9;7-5-3-1-2-4-6(5)8/h6-8,13H,12H2,1-5H3;1-4,8H,7H2. The molecular formula is C17H28N2O3Si2. The molecule has 2 aromatic carbocycles. The van der Waals surface area contributed by atoms with Gasteiger partial charge in [-0.1, -0.05) is 18.2 Å². The average molecular weight is 365 g/mol. The second-order valence-corrected chi connectivity index (χ2v) is 15.7. The topological polar surface area (TPSA) is 102 Å². The Hall–Kier alpha value is -1.97. The molecule has 0 aliphatic carbocycles. The second-order valence-electron chi connectivity index (χ2n) is 7.06. The highest BCUT2D eigenvalue weighted by molar-refractivity contribution is 6.92. The molecule has 0 aromatic heterocycles. The summed E-state index contributed by atoms with van der Waals surface area (Å²) in [5.41, 5.74) is 11.8. The van der Waals surface area contributed by atoms with Crippen LogP contribution in [0.15, 0.2) is 42.5 Å². The van der Waals surface area contributed by atoms with Crippen molar-refractivity contribution < 1.29 is 14.3 Å². The third-order valence-electron chi connectivity index (χ3n) is 3.22. The van der Waals surface area contributed by atoms with Gasteiger partial charge in [-0.3, -0.25) is 0 Å². The molecule has 0 heterocycles. The monoisotopic (exact) mass is 364 g/mol. The fourth-order valence-corrected chi connectivity index (χ4v) is 9.82. The third-order valence-corrected chi connectivity index (χ3v) is 9.41. The number of rotatable bonds is 3. The summed E-state index contributed by atoms with van der Waals surface area (Å²) in [7, 11) is -3.45. The first-order valence-corrected chi connectivity index (χ1v) is 14.1. The zero-order valence-corrected chi connectivity index (χ0v) is 17.0. The van der Waals surface area contributed by atoms with Crippen molar-refractivity contribution in [2.45, 2.75) is 32.7 Å². The molecule has 0 saturated carbocycles. The number of nitrogen functional groups attached to an aromatic ring is 2. The lowest BCUT2D eigenvalue weighted by Crippen LogP contribution is -2.51. The molecule has 0 aliphatic rings. The summed E-state index contributed by atoms with van der Waals surface area (Å²) in [6.07, 6.45) is 0. The molecule has 5 nitrogen and oxygen atoms in total. The van der Waals surface area contributed by atoms with E-state index in [1.54, 1.807) is 30.3 Å². The Kier molecular flexibility index (Phi) is 6.47. The Labute approximate surface area is 146 Å². The van der Waals surface area contributed by atoms with Gasteiger partial charge in [0.25, 0.3) is 0 Å². The number of phenolic OH excluding ortho intramolecular Hbond substituents is 2. The van der Waals surface area contributed by atoms with E-state index in [9.17, 15) is 5.11 Å². The van der Waals surface area contributed by atoms with Crippen molar-refractivity contribution in [3.8, 4) is 11.5 Å². The minimum Gasteiger partial charge on any atom is -0.506 e. The van der Waals surface area contributed by atoms with Crippen LogP contribution < -0.4 is 16.7 Å². The summed E-state index contributed by atoms with van der Waals surface area (Å²) in [6, 6.07) is 12.1. The van der Waals surface area contributed by atoms with Crippen molar-refractivity contribution in [2.24, 2.45) is 0 Å². The molecule has 0 radical (unpaired) electrons. The van der Waals surface area contributed by atoms with Gasteiger partial charge in [0.15, 0.2) is 8.32 Å². The van der Waals surface area contributed by atoms with E-state index >= 15 is 0 Å². The fraction of sp³-hybridized carbons (Fsp3) is 0.294. The molecule has 132 valence electrons. The van der Waals surface area contributed by atoms with Crippen molar-refractivity contribution in [2.75, 3.05) is 11.5 Å². The van der Waals surface area contributed by atoms with Crippen molar-refractivity contribution >= 4 is 33.2 Å². The number of hydrogen-bond acceptors (Lipinski definition) is 5. The summed E-state index contributed by atoms with van der Waals surface area (Å²) in [4.78, 5) is 0. The van der Waals surface area contributed by atoms with E-state index < -0.39 is 16.6 Å². The maximum Gasteiger partial charge on any atom is 0.205 e. The van der Waals surface area contributed by atoms with Crippen LogP contribution in [0.5, 0.6) is 11.5 Å². The minimum atomic E-state index is -1.90. The number of benzene rings is 2. The fourth-order valence-electron chi connectivity index (χ4n) is 2.24. The van der Waals surface area contributed by atoms with Gasteiger partial charge in [-0.15, -0.1) is 0 Å². The van der Waals surface area contributed by atoms with E-state index in [-0.39, 0.29) is 11.5 Å². The highest BCUT2D eigenvalue weighted by Gasteiger charge is 2.31. The minimum absolute atomic E-state index is 0.140. The van der Waals surface area contributed by atoms with Gasteiger partial charge in [0.2, 0.25) is 8.32 Å². The highest BCUT2D eigenvalue weighted by Crippen LogP contribution is 2.20. The Morgan fingerprint density at radius 2 is 1.33 bits per heavy atom. The zero-order valence-electron chi connectivity index (χ0n) is 15.0. The van der Waals surface area contributed by atoms with Crippen LogP contribution in [0.4, 0.5) is 11.4 Å². The summed E-state index contributed by atoms with van der Waals surface area (Å²) >= 11 is 0. The lowest BCUT2D eigenvalue weighted by atomic mass is 10.3. The molecule has 2 aromatic rings. The Balaban J connectivity index is 0.000000300. The van der Waals surface area contributed by atoms with E-state index in [0.717, 1.165) is 5.19 Å². The number of hydrogen-bond donors (Lipinski definition) is 4. The smallest absolute Gasteiger partial charge is 0.205 e. The number of nitrogens with two attached hydrogens (primary N) is 2. The highest BCUT2D eigenvalue weighted by atomic mass is 28.4. The SMILES string of the molecule is C[Si](C)(C)O[Si](C)(C)c1ccc(O)c(N)c1.Nc1ccccc1O. The van der Waals surface area contributed by atoms with E-state index in [2.05, 4.69) is 32.7 Å². The normalized spacial score (nSPS) is 11.5. The van der Waals surface area contributed by atoms with Crippen molar-refractivity contribution in [1.29, 1.82) is 0 Å². The molecule has 2 rings (SSSR count). The molecule has 0 amide bonds. The van der Waals surface area contributed by atoms with Crippen LogP contribution >= 0.6 is 0 Å². The Morgan fingerprint density at radius 1 is 0.792 bits per heavy atom. The van der Waals surface area contributed by atoms with Crippen molar-refractivity contribution in [3.05, 3.63) is 42.5 Å². The van der Waals surface area contributed by atoms with Crippen LogP contribution in [0, 0.1) is 0 Å². The molecule has 24 heavy (non-hydrogen) atoms. The molecular weight excluding hydrogens is 336 g/mol. The summed E-state index contributed by atoms with van der Waals surface area (Å²) < 4.78 is 6.25. The quantitative estimate of drug-likeness (QED) is 0.380. The van der Waals surface area contributed by atoms with E-state index in [0.29, 0.717) is 11.4 Å². The van der Waals surface area contributed by atoms with E-state index in [1.165, 1.54) is 0 Å². The largest absolute Gasteiger partial charge is 0.506 e. The Morgan fingerprint density at radius 3 is 1.75 bits per heavy atom. The summed E-state index contributed by atoms with van der Waals surface area (Å²) in [5.74, 6) is 0.286. The van der Waals surface area contributed by atoms with E-state index in [4.69, 9.17) is 20.7 Å². The van der Waals surface area contributed by atoms with Crippen LogP contribution in [0.3, 0.4) is 0 Å². The van der Waals surface area contributed by atoms with E-state index in [1.807, 2.05) is 12.1 Å². The molecule has 0 fully saturated rings. The maximum absolute atomic E-state index is 9.40. The second kappa shape index (κ2) is 7.74. The van der Waals surface area contributed by atoms with Crippen LogP contribution in [-0.2, 0) is 4.12 Å². The number of aromatic hydroxyl groups is 2. The molecule has 0 unspecified atom stereocenters. The Bertz CT molecular complexity index is 665. The molecule has 0 atom stereocenters. The van der Waals surface area contributed by atoms with Crippen LogP contribution in [0.2, 0.25) is 32.7 Å². The van der Waals surface area contributed by atoms with Gasteiger partial charge in [0.05, 0.1) is 11.4 Å². The average Bonchev–Trinajstić information content (AvgIpc) is 2.43. The first-order valence-electron chi connectivity index (χ1n) is 7.75. The van der Waals surface area contributed by atoms with Gasteiger partial charge in [-0.05, 0) is 62.2 Å². The van der Waals surface area contributed by atoms with Crippen molar-refractivity contribution in [3.63, 3.8) is 0 Å². The third kappa shape index (κ3) is 6.27. The predicted molar refractivity (Wildman–Crippen MR) is 107 cm³/mol. The molecule has 6 N–H and O–H groups in total. The lowest BCUT2D eigenvalue weighted by molar-refractivity contribution is 0.477. The van der Waals surface area contributed by atoms with Crippen LogP contribution in [-0.4, -0.2) is 26.8 Å². The summed E-state index contributed by atoms with van der Waals surface area (Å²) in [5, 5.41) is 19.3. The van der Waals surface area contributed by atoms with Crippen LogP contribution in [0.25, 0.3) is 0 Å². The molecule has 7 heteroatoms. The first kappa shape index (κ1) is 20.1. The van der Waals surface area contributed by atoms with Gasteiger partial charge in [-0.25, -0.2) is 0 Å². The van der Waals surface area contributed by atoms with Crippen molar-refractivity contribution in [1.82, 2.24) is 0 Å². The number of anilines is 2. The van der Waals surface area contributed by atoms with Gasteiger partial charge in [-0.2, -0.15) is 0 Å². The molecule has 0 spiro atoms.